The number of benzene rings is 2. The fourth-order valence-corrected chi connectivity index (χ4v) is 2.97. The number of aromatic nitrogens is 3. The maximum atomic E-state index is 13.1. The lowest BCUT2D eigenvalue weighted by Gasteiger charge is -2.22. The zero-order valence-corrected chi connectivity index (χ0v) is 17.1. The average molecular weight is 411 g/mol. The molecule has 0 atom stereocenters. The molecule has 1 heterocycles. The molecule has 0 fully saturated rings. The van der Waals surface area contributed by atoms with Gasteiger partial charge in [0.15, 0.2) is 0 Å². The summed E-state index contributed by atoms with van der Waals surface area (Å²) in [5, 5.41) is 10.9. The minimum Gasteiger partial charge on any atom is -0.497 e. The fraction of sp³-hybridized carbons (Fsp3) is 0.333. The Kier molecular flexibility index (Phi) is 7.34. The van der Waals surface area contributed by atoms with Crippen molar-refractivity contribution in [3.8, 4) is 5.75 Å². The van der Waals surface area contributed by atoms with Crippen molar-refractivity contribution >= 4 is 22.8 Å². The minimum atomic E-state index is -0.252. The number of para-hydroxylation sites is 1. The molecule has 2 aromatic carbocycles. The van der Waals surface area contributed by atoms with Crippen molar-refractivity contribution in [2.75, 3.05) is 33.9 Å². The maximum absolute atomic E-state index is 13.1. The second kappa shape index (κ2) is 10.4. The molecule has 0 spiro atoms. The Labute approximate surface area is 174 Å². The van der Waals surface area contributed by atoms with Crippen molar-refractivity contribution in [3.63, 3.8) is 0 Å². The van der Waals surface area contributed by atoms with Gasteiger partial charge >= 0.3 is 0 Å². The van der Waals surface area contributed by atoms with Gasteiger partial charge in [-0.15, -0.1) is 5.10 Å². The highest BCUT2D eigenvalue weighted by Gasteiger charge is 2.19. The van der Waals surface area contributed by atoms with Gasteiger partial charge in [0.05, 0.1) is 25.8 Å². The molecule has 2 amide bonds. The van der Waals surface area contributed by atoms with Crippen LogP contribution in [0.4, 0.5) is 0 Å². The molecule has 0 radical (unpaired) electrons. The second-order valence-electron chi connectivity index (χ2n) is 6.68. The van der Waals surface area contributed by atoms with E-state index in [-0.39, 0.29) is 31.4 Å². The van der Waals surface area contributed by atoms with Gasteiger partial charge in [-0.3, -0.25) is 9.59 Å². The molecule has 30 heavy (non-hydrogen) atoms. The zero-order valence-electron chi connectivity index (χ0n) is 17.1. The SMILES string of the molecule is COCCNC(=O)CN(Cc1ccc(OC)cc1)C(=O)Cn1nnc2ccccc21. The predicted molar refractivity (Wildman–Crippen MR) is 111 cm³/mol. The first kappa shape index (κ1) is 21.3. The molecule has 1 aromatic heterocycles. The first-order valence-corrected chi connectivity index (χ1v) is 9.55. The van der Waals surface area contributed by atoms with Crippen LogP contribution in [-0.4, -0.2) is 65.6 Å². The average Bonchev–Trinajstić information content (AvgIpc) is 3.17. The van der Waals surface area contributed by atoms with E-state index in [1.54, 1.807) is 18.9 Å². The molecule has 1 N–H and O–H groups in total. The van der Waals surface area contributed by atoms with Crippen LogP contribution in [0.2, 0.25) is 0 Å². The van der Waals surface area contributed by atoms with Crippen LogP contribution in [-0.2, 0) is 27.4 Å². The number of hydrogen-bond acceptors (Lipinski definition) is 6. The van der Waals surface area contributed by atoms with E-state index >= 15 is 0 Å². The summed E-state index contributed by atoms with van der Waals surface area (Å²) in [5.74, 6) is 0.240. The topological polar surface area (TPSA) is 98.6 Å². The van der Waals surface area contributed by atoms with Crippen molar-refractivity contribution in [1.82, 2.24) is 25.2 Å². The molecule has 3 aromatic rings. The number of hydrogen-bond donors (Lipinski definition) is 1. The lowest BCUT2D eigenvalue weighted by atomic mass is 10.2. The standard InChI is InChI=1S/C21H25N5O4/c1-29-12-11-22-20(27)14-25(13-16-7-9-17(30-2)10-8-16)21(28)15-26-19-6-4-3-5-18(19)23-24-26/h3-10H,11-15H2,1-2H3,(H,22,27). The molecular formula is C21H25N5O4. The van der Waals surface area contributed by atoms with Gasteiger partial charge in [-0.1, -0.05) is 29.5 Å². The van der Waals surface area contributed by atoms with E-state index in [2.05, 4.69) is 15.6 Å². The first-order valence-electron chi connectivity index (χ1n) is 9.55. The quantitative estimate of drug-likeness (QED) is 0.504. The summed E-state index contributed by atoms with van der Waals surface area (Å²) >= 11 is 0. The van der Waals surface area contributed by atoms with Crippen LogP contribution in [0.25, 0.3) is 11.0 Å². The number of rotatable bonds is 10. The Balaban J connectivity index is 1.74. The van der Waals surface area contributed by atoms with Gasteiger partial charge in [0.1, 0.15) is 17.8 Å². The van der Waals surface area contributed by atoms with Crippen molar-refractivity contribution in [1.29, 1.82) is 0 Å². The molecule has 9 heteroatoms. The monoisotopic (exact) mass is 411 g/mol. The number of fused-ring (bicyclic) bond motifs is 1. The van der Waals surface area contributed by atoms with Crippen LogP contribution < -0.4 is 10.1 Å². The van der Waals surface area contributed by atoms with Gasteiger partial charge in [-0.2, -0.15) is 0 Å². The van der Waals surface area contributed by atoms with Crippen LogP contribution in [0, 0.1) is 0 Å². The highest BCUT2D eigenvalue weighted by atomic mass is 16.5. The molecule has 0 aliphatic heterocycles. The molecule has 0 saturated carbocycles. The van der Waals surface area contributed by atoms with Gasteiger partial charge in [-0.05, 0) is 29.8 Å². The van der Waals surface area contributed by atoms with E-state index < -0.39 is 0 Å². The van der Waals surface area contributed by atoms with Crippen LogP contribution in [0.15, 0.2) is 48.5 Å². The lowest BCUT2D eigenvalue weighted by molar-refractivity contribution is -0.137. The van der Waals surface area contributed by atoms with E-state index in [1.165, 1.54) is 4.90 Å². The Bertz CT molecular complexity index is 986. The van der Waals surface area contributed by atoms with Gasteiger partial charge in [0.2, 0.25) is 11.8 Å². The molecule has 3 rings (SSSR count). The first-order chi connectivity index (χ1) is 14.6. The second-order valence-corrected chi connectivity index (χ2v) is 6.68. The summed E-state index contributed by atoms with van der Waals surface area (Å²) in [6, 6.07) is 14.8. The maximum Gasteiger partial charge on any atom is 0.245 e. The van der Waals surface area contributed by atoms with Crippen LogP contribution >= 0.6 is 0 Å². The number of carbonyl (C=O) groups excluding carboxylic acids is 2. The van der Waals surface area contributed by atoms with E-state index in [9.17, 15) is 9.59 Å². The lowest BCUT2D eigenvalue weighted by Crippen LogP contribution is -2.42. The van der Waals surface area contributed by atoms with Gasteiger partial charge in [0.25, 0.3) is 0 Å². The number of carbonyl (C=O) groups is 2. The summed E-state index contributed by atoms with van der Waals surface area (Å²) in [5.41, 5.74) is 2.36. The predicted octanol–water partition coefficient (Wildman–Crippen LogP) is 1.23. The van der Waals surface area contributed by atoms with E-state index in [4.69, 9.17) is 9.47 Å². The van der Waals surface area contributed by atoms with Crippen molar-refractivity contribution in [2.45, 2.75) is 13.1 Å². The molecule has 0 bridgehead atoms. The van der Waals surface area contributed by atoms with E-state index in [1.807, 2.05) is 48.5 Å². The van der Waals surface area contributed by atoms with Crippen LogP contribution in [0.5, 0.6) is 5.75 Å². The normalized spacial score (nSPS) is 10.7. The third kappa shape index (κ3) is 5.54. The Hall–Kier alpha value is -3.46. The third-order valence-corrected chi connectivity index (χ3v) is 4.55. The number of nitrogens with one attached hydrogen (secondary N) is 1. The highest BCUT2D eigenvalue weighted by molar-refractivity contribution is 5.85. The molecule has 0 unspecified atom stereocenters. The number of ether oxygens (including phenoxy) is 2. The number of amides is 2. The largest absolute Gasteiger partial charge is 0.497 e. The Morgan fingerprint density at radius 3 is 2.60 bits per heavy atom. The molecule has 158 valence electrons. The number of methoxy groups -OCH3 is 2. The Morgan fingerprint density at radius 2 is 1.87 bits per heavy atom. The van der Waals surface area contributed by atoms with Crippen molar-refractivity contribution in [2.24, 2.45) is 0 Å². The fourth-order valence-electron chi connectivity index (χ4n) is 2.97. The van der Waals surface area contributed by atoms with Crippen LogP contribution in [0.3, 0.4) is 0 Å². The van der Waals surface area contributed by atoms with Crippen molar-refractivity contribution in [3.05, 3.63) is 54.1 Å². The summed E-state index contributed by atoms with van der Waals surface area (Å²) in [6.07, 6.45) is 0. The van der Waals surface area contributed by atoms with E-state index in [0.717, 1.165) is 16.8 Å². The zero-order chi connectivity index (χ0) is 21.3. The van der Waals surface area contributed by atoms with Crippen molar-refractivity contribution < 1.29 is 19.1 Å². The number of nitrogens with zero attached hydrogens (tertiary/aromatic N) is 4. The molecule has 0 aliphatic rings. The summed E-state index contributed by atoms with van der Waals surface area (Å²) in [4.78, 5) is 26.9. The van der Waals surface area contributed by atoms with Gasteiger partial charge in [-0.25, -0.2) is 4.68 Å². The van der Waals surface area contributed by atoms with Gasteiger partial charge in [0, 0.05) is 20.2 Å². The van der Waals surface area contributed by atoms with Gasteiger partial charge < -0.3 is 19.7 Å². The van der Waals surface area contributed by atoms with E-state index in [0.29, 0.717) is 18.7 Å². The minimum absolute atomic E-state index is 0.0119. The molecule has 9 nitrogen and oxygen atoms in total. The summed E-state index contributed by atoms with van der Waals surface area (Å²) in [6.45, 7) is 0.993. The summed E-state index contributed by atoms with van der Waals surface area (Å²) in [7, 11) is 3.16. The van der Waals surface area contributed by atoms with Crippen LogP contribution in [0.1, 0.15) is 5.56 Å². The highest BCUT2D eigenvalue weighted by Crippen LogP contribution is 2.14. The molecule has 0 saturated heterocycles. The third-order valence-electron chi connectivity index (χ3n) is 4.55. The Morgan fingerprint density at radius 1 is 1.10 bits per heavy atom. The smallest absolute Gasteiger partial charge is 0.245 e. The molecule has 0 aliphatic carbocycles. The molecular weight excluding hydrogens is 386 g/mol. The summed E-state index contributed by atoms with van der Waals surface area (Å²) < 4.78 is 11.7.